The summed E-state index contributed by atoms with van der Waals surface area (Å²) in [4.78, 5) is 22.5. The molecule has 0 aromatic carbocycles. The molecule has 0 radical (unpaired) electrons. The fraction of sp³-hybridized carbons (Fsp3) is 0.545. The smallest absolute Gasteiger partial charge is 0.325 e. The highest BCUT2D eigenvalue weighted by Gasteiger charge is 2.24. The zero-order valence-electron chi connectivity index (χ0n) is 10.3. The van der Waals surface area contributed by atoms with Crippen LogP contribution in [0.2, 0.25) is 0 Å². The molecule has 0 saturated carbocycles. The predicted molar refractivity (Wildman–Crippen MR) is 59.9 cm³/mol. The second kappa shape index (κ2) is 4.99. The van der Waals surface area contributed by atoms with E-state index in [1.165, 1.54) is 6.92 Å². The molecular formula is C11H16N2O4. The summed E-state index contributed by atoms with van der Waals surface area (Å²) in [6.07, 6.45) is 0. The largest absolute Gasteiger partial charge is 0.480 e. The van der Waals surface area contributed by atoms with E-state index in [1.807, 2.05) is 13.8 Å². The summed E-state index contributed by atoms with van der Waals surface area (Å²) in [7, 11) is 0. The van der Waals surface area contributed by atoms with Crippen molar-refractivity contribution in [1.29, 1.82) is 0 Å². The van der Waals surface area contributed by atoms with E-state index in [0.717, 1.165) is 0 Å². The molecule has 2 N–H and O–H groups in total. The molecule has 1 amide bonds. The van der Waals surface area contributed by atoms with Gasteiger partial charge in [0.15, 0.2) is 5.76 Å². The van der Waals surface area contributed by atoms with Crippen molar-refractivity contribution in [2.75, 3.05) is 0 Å². The van der Waals surface area contributed by atoms with Crippen LogP contribution in [0.1, 0.15) is 48.5 Å². The van der Waals surface area contributed by atoms with Crippen LogP contribution in [0.4, 0.5) is 0 Å². The van der Waals surface area contributed by atoms with E-state index in [9.17, 15) is 9.59 Å². The minimum absolute atomic E-state index is 0.0112. The Morgan fingerprint density at radius 1 is 1.35 bits per heavy atom. The van der Waals surface area contributed by atoms with Crippen molar-refractivity contribution in [2.24, 2.45) is 0 Å². The van der Waals surface area contributed by atoms with Gasteiger partial charge in [0.1, 0.15) is 11.6 Å². The number of aliphatic carboxylic acids is 1. The fourth-order valence-corrected chi connectivity index (χ4v) is 1.39. The van der Waals surface area contributed by atoms with Crippen molar-refractivity contribution >= 4 is 11.9 Å². The van der Waals surface area contributed by atoms with Gasteiger partial charge in [-0.3, -0.25) is 9.59 Å². The summed E-state index contributed by atoms with van der Waals surface area (Å²) >= 11 is 0. The maximum absolute atomic E-state index is 11.9. The van der Waals surface area contributed by atoms with E-state index in [1.54, 1.807) is 6.92 Å². The quantitative estimate of drug-likeness (QED) is 0.827. The first-order valence-corrected chi connectivity index (χ1v) is 5.34. The molecule has 0 bridgehead atoms. The Bertz CT molecular complexity index is 437. The van der Waals surface area contributed by atoms with Gasteiger partial charge in [-0.1, -0.05) is 19.0 Å². The molecule has 1 aromatic heterocycles. The number of hydrogen-bond donors (Lipinski definition) is 2. The number of carboxylic acid groups (broad SMARTS) is 1. The molecule has 0 aliphatic heterocycles. The van der Waals surface area contributed by atoms with E-state index in [0.29, 0.717) is 17.0 Å². The minimum Gasteiger partial charge on any atom is -0.480 e. The molecule has 0 aliphatic carbocycles. The summed E-state index contributed by atoms with van der Waals surface area (Å²) in [6.45, 7) is 6.79. The van der Waals surface area contributed by atoms with Crippen LogP contribution in [-0.4, -0.2) is 28.2 Å². The number of amides is 1. The topological polar surface area (TPSA) is 92.4 Å². The van der Waals surface area contributed by atoms with Gasteiger partial charge in [-0.05, 0) is 13.8 Å². The molecule has 0 aliphatic rings. The van der Waals surface area contributed by atoms with Crippen molar-refractivity contribution in [2.45, 2.75) is 39.7 Å². The van der Waals surface area contributed by atoms with Gasteiger partial charge in [-0.15, -0.1) is 0 Å². The molecule has 1 atom stereocenters. The Hall–Kier alpha value is -1.85. The number of rotatable bonds is 4. The van der Waals surface area contributed by atoms with Crippen LogP contribution in [0.15, 0.2) is 4.52 Å². The van der Waals surface area contributed by atoms with Crippen LogP contribution < -0.4 is 5.32 Å². The molecule has 0 saturated heterocycles. The van der Waals surface area contributed by atoms with Gasteiger partial charge in [0.05, 0.1) is 5.69 Å². The number of carbonyl (C=O) groups is 2. The molecule has 17 heavy (non-hydrogen) atoms. The van der Waals surface area contributed by atoms with Crippen LogP contribution in [0.3, 0.4) is 0 Å². The lowest BCUT2D eigenvalue weighted by atomic mass is 10.0. The van der Waals surface area contributed by atoms with Crippen LogP contribution in [-0.2, 0) is 4.79 Å². The first-order chi connectivity index (χ1) is 7.84. The minimum atomic E-state index is -1.08. The Morgan fingerprint density at radius 3 is 2.41 bits per heavy atom. The van der Waals surface area contributed by atoms with Crippen molar-refractivity contribution < 1.29 is 19.2 Å². The highest BCUT2D eigenvalue weighted by molar-refractivity contribution is 5.98. The van der Waals surface area contributed by atoms with Crippen LogP contribution in [0.5, 0.6) is 0 Å². The first-order valence-electron chi connectivity index (χ1n) is 5.34. The molecule has 1 aromatic rings. The molecule has 1 heterocycles. The number of carbonyl (C=O) groups excluding carboxylic acids is 1. The monoisotopic (exact) mass is 240 g/mol. The summed E-state index contributed by atoms with van der Waals surface area (Å²) in [5, 5.41) is 14.8. The lowest BCUT2D eigenvalue weighted by molar-refractivity contribution is -0.138. The van der Waals surface area contributed by atoms with Crippen molar-refractivity contribution in [1.82, 2.24) is 10.5 Å². The number of aryl methyl sites for hydroxylation is 1. The Kier molecular flexibility index (Phi) is 3.88. The standard InChI is InChI=1S/C11H16N2O4/c1-5(2)9-8(6(3)13-17-9)10(14)12-7(4)11(15)16/h5,7H,1-4H3,(H,12,14)(H,15,16). The average Bonchev–Trinajstić information content (AvgIpc) is 2.59. The summed E-state index contributed by atoms with van der Waals surface area (Å²) in [5.74, 6) is -1.07. The van der Waals surface area contributed by atoms with E-state index in [4.69, 9.17) is 9.63 Å². The van der Waals surface area contributed by atoms with Gasteiger partial charge in [0.25, 0.3) is 5.91 Å². The molecule has 94 valence electrons. The highest BCUT2D eigenvalue weighted by Crippen LogP contribution is 2.22. The summed E-state index contributed by atoms with van der Waals surface area (Å²) in [6, 6.07) is -0.947. The van der Waals surface area contributed by atoms with E-state index in [2.05, 4.69) is 10.5 Å². The third-order valence-electron chi connectivity index (χ3n) is 2.36. The first kappa shape index (κ1) is 13.2. The summed E-state index contributed by atoms with van der Waals surface area (Å²) in [5.41, 5.74) is 0.789. The number of carboxylic acids is 1. The number of hydrogen-bond acceptors (Lipinski definition) is 4. The second-order valence-electron chi connectivity index (χ2n) is 4.20. The molecule has 6 heteroatoms. The Labute approximate surface area is 99.0 Å². The lowest BCUT2D eigenvalue weighted by Gasteiger charge is -2.10. The number of nitrogens with one attached hydrogen (secondary N) is 1. The number of nitrogens with zero attached hydrogens (tertiary/aromatic N) is 1. The molecule has 0 fully saturated rings. The van der Waals surface area contributed by atoms with Crippen LogP contribution in [0, 0.1) is 6.92 Å². The molecule has 0 spiro atoms. The summed E-state index contributed by atoms with van der Waals surface area (Å²) < 4.78 is 5.06. The van der Waals surface area contributed by atoms with Gasteiger partial charge < -0.3 is 14.9 Å². The third-order valence-corrected chi connectivity index (χ3v) is 2.36. The zero-order chi connectivity index (χ0) is 13.2. The normalized spacial score (nSPS) is 12.5. The van der Waals surface area contributed by atoms with Gasteiger partial charge in [-0.25, -0.2) is 0 Å². The van der Waals surface area contributed by atoms with Gasteiger partial charge >= 0.3 is 5.97 Å². The molecule has 1 unspecified atom stereocenters. The fourth-order valence-electron chi connectivity index (χ4n) is 1.39. The molecule has 1 rings (SSSR count). The molecule has 6 nitrogen and oxygen atoms in total. The third kappa shape index (κ3) is 2.83. The number of aromatic nitrogens is 1. The van der Waals surface area contributed by atoms with Gasteiger partial charge in [0, 0.05) is 5.92 Å². The maximum Gasteiger partial charge on any atom is 0.325 e. The van der Waals surface area contributed by atoms with Crippen molar-refractivity contribution in [3.8, 4) is 0 Å². The van der Waals surface area contributed by atoms with Crippen molar-refractivity contribution in [3.63, 3.8) is 0 Å². The average molecular weight is 240 g/mol. The zero-order valence-corrected chi connectivity index (χ0v) is 10.3. The highest BCUT2D eigenvalue weighted by atomic mass is 16.5. The maximum atomic E-state index is 11.9. The van der Waals surface area contributed by atoms with Gasteiger partial charge in [0.2, 0.25) is 0 Å². The van der Waals surface area contributed by atoms with E-state index < -0.39 is 17.9 Å². The second-order valence-corrected chi connectivity index (χ2v) is 4.20. The van der Waals surface area contributed by atoms with E-state index >= 15 is 0 Å². The van der Waals surface area contributed by atoms with Crippen molar-refractivity contribution in [3.05, 3.63) is 17.0 Å². The Balaban J connectivity index is 2.96. The SMILES string of the molecule is Cc1noc(C(C)C)c1C(=O)NC(C)C(=O)O. The van der Waals surface area contributed by atoms with Crippen LogP contribution in [0.25, 0.3) is 0 Å². The van der Waals surface area contributed by atoms with Gasteiger partial charge in [-0.2, -0.15) is 0 Å². The lowest BCUT2D eigenvalue weighted by Crippen LogP contribution is -2.38. The van der Waals surface area contributed by atoms with Crippen LogP contribution >= 0.6 is 0 Å². The Morgan fingerprint density at radius 2 is 1.94 bits per heavy atom. The predicted octanol–water partition coefficient (Wildman–Crippen LogP) is 1.31. The van der Waals surface area contributed by atoms with E-state index in [-0.39, 0.29) is 5.92 Å². The molecular weight excluding hydrogens is 224 g/mol.